The first-order valence-corrected chi connectivity index (χ1v) is 6.96. The van der Waals surface area contributed by atoms with Gasteiger partial charge in [-0.05, 0) is 18.6 Å². The summed E-state index contributed by atoms with van der Waals surface area (Å²) in [5, 5.41) is 2.74. The SMILES string of the molecule is COc1cc(C(=O)N2CCCNC(=O)C2)cc(OC)c1OC. The number of hydrogen-bond donors (Lipinski definition) is 1. The topological polar surface area (TPSA) is 77.1 Å². The second-order valence-electron chi connectivity index (χ2n) is 4.84. The monoisotopic (exact) mass is 308 g/mol. The number of methoxy groups -OCH3 is 3. The van der Waals surface area contributed by atoms with Crippen LogP contribution in [-0.4, -0.2) is 57.7 Å². The second-order valence-corrected chi connectivity index (χ2v) is 4.84. The molecule has 7 nitrogen and oxygen atoms in total. The van der Waals surface area contributed by atoms with Crippen LogP contribution >= 0.6 is 0 Å². The van der Waals surface area contributed by atoms with Gasteiger partial charge in [0.1, 0.15) is 0 Å². The Morgan fingerprint density at radius 1 is 1.14 bits per heavy atom. The van der Waals surface area contributed by atoms with E-state index in [9.17, 15) is 9.59 Å². The van der Waals surface area contributed by atoms with Gasteiger partial charge in [0.15, 0.2) is 11.5 Å². The molecule has 1 N–H and O–H groups in total. The van der Waals surface area contributed by atoms with Crippen LogP contribution in [0.2, 0.25) is 0 Å². The van der Waals surface area contributed by atoms with Gasteiger partial charge in [0, 0.05) is 18.7 Å². The molecular weight excluding hydrogens is 288 g/mol. The standard InChI is InChI=1S/C15H20N2O5/c1-20-11-7-10(8-12(21-2)14(11)22-3)15(19)17-6-4-5-16-13(18)9-17/h7-8H,4-6,9H2,1-3H3,(H,16,18). The Balaban J connectivity index is 2.34. The van der Waals surface area contributed by atoms with Crippen LogP contribution in [0, 0.1) is 0 Å². The fourth-order valence-electron chi connectivity index (χ4n) is 2.37. The summed E-state index contributed by atoms with van der Waals surface area (Å²) in [5.74, 6) is 0.846. The Morgan fingerprint density at radius 2 is 1.77 bits per heavy atom. The maximum absolute atomic E-state index is 12.6. The molecule has 0 aliphatic carbocycles. The third-order valence-corrected chi connectivity index (χ3v) is 3.46. The highest BCUT2D eigenvalue weighted by atomic mass is 16.5. The number of carbonyl (C=O) groups is 2. The minimum atomic E-state index is -0.240. The minimum absolute atomic E-state index is 0.0511. The van der Waals surface area contributed by atoms with Crippen LogP contribution in [0.4, 0.5) is 0 Å². The van der Waals surface area contributed by atoms with Crippen molar-refractivity contribution in [3.8, 4) is 17.2 Å². The molecule has 0 unspecified atom stereocenters. The van der Waals surface area contributed by atoms with Crippen molar-refractivity contribution < 1.29 is 23.8 Å². The number of hydrogen-bond acceptors (Lipinski definition) is 5. The van der Waals surface area contributed by atoms with Gasteiger partial charge in [-0.2, -0.15) is 0 Å². The minimum Gasteiger partial charge on any atom is -0.493 e. The first-order chi connectivity index (χ1) is 10.6. The normalized spacial score (nSPS) is 14.9. The number of amides is 2. The number of nitrogens with one attached hydrogen (secondary N) is 1. The molecule has 0 saturated carbocycles. The van der Waals surface area contributed by atoms with Crippen LogP contribution in [0.25, 0.3) is 0 Å². The lowest BCUT2D eigenvalue weighted by Crippen LogP contribution is -2.37. The van der Waals surface area contributed by atoms with Crippen molar-refractivity contribution in [3.05, 3.63) is 17.7 Å². The summed E-state index contributed by atoms with van der Waals surface area (Å²) < 4.78 is 15.7. The molecule has 2 amide bonds. The zero-order chi connectivity index (χ0) is 16.1. The summed E-state index contributed by atoms with van der Waals surface area (Å²) in [6.45, 7) is 1.15. The molecule has 0 aromatic heterocycles. The Hall–Kier alpha value is -2.44. The molecule has 2 rings (SSSR count). The summed E-state index contributed by atoms with van der Waals surface area (Å²) in [5.41, 5.74) is 0.393. The van der Waals surface area contributed by atoms with Gasteiger partial charge in [0.25, 0.3) is 5.91 Å². The second kappa shape index (κ2) is 7.02. The van der Waals surface area contributed by atoms with E-state index in [-0.39, 0.29) is 18.4 Å². The summed E-state index contributed by atoms with van der Waals surface area (Å²) >= 11 is 0. The van der Waals surface area contributed by atoms with Gasteiger partial charge < -0.3 is 24.4 Å². The largest absolute Gasteiger partial charge is 0.493 e. The van der Waals surface area contributed by atoms with Gasteiger partial charge in [0.2, 0.25) is 11.7 Å². The van der Waals surface area contributed by atoms with E-state index in [1.807, 2.05) is 0 Å². The average molecular weight is 308 g/mol. The molecule has 120 valence electrons. The number of nitrogens with zero attached hydrogens (tertiary/aromatic N) is 1. The van der Waals surface area contributed by atoms with Crippen LogP contribution in [-0.2, 0) is 4.79 Å². The van der Waals surface area contributed by atoms with Crippen LogP contribution in [0.3, 0.4) is 0 Å². The van der Waals surface area contributed by atoms with Crippen molar-refractivity contribution in [2.45, 2.75) is 6.42 Å². The lowest BCUT2D eigenvalue weighted by Gasteiger charge is -2.20. The van der Waals surface area contributed by atoms with Crippen molar-refractivity contribution in [1.29, 1.82) is 0 Å². The van der Waals surface area contributed by atoms with E-state index in [4.69, 9.17) is 14.2 Å². The van der Waals surface area contributed by atoms with E-state index >= 15 is 0 Å². The van der Waals surface area contributed by atoms with Crippen LogP contribution < -0.4 is 19.5 Å². The summed E-state index contributed by atoms with van der Waals surface area (Å²) in [7, 11) is 4.48. The van der Waals surface area contributed by atoms with E-state index in [1.165, 1.54) is 26.2 Å². The van der Waals surface area contributed by atoms with Crippen molar-refractivity contribution in [3.63, 3.8) is 0 Å². The summed E-state index contributed by atoms with van der Waals surface area (Å²) in [4.78, 5) is 25.7. The average Bonchev–Trinajstić information content (AvgIpc) is 2.77. The van der Waals surface area contributed by atoms with Crippen LogP contribution in [0.1, 0.15) is 16.8 Å². The third-order valence-electron chi connectivity index (χ3n) is 3.46. The summed E-state index contributed by atoms with van der Waals surface area (Å²) in [6.07, 6.45) is 0.724. The maximum Gasteiger partial charge on any atom is 0.254 e. The fourth-order valence-corrected chi connectivity index (χ4v) is 2.37. The van der Waals surface area contributed by atoms with Gasteiger partial charge in [-0.1, -0.05) is 0 Å². The van der Waals surface area contributed by atoms with Crippen molar-refractivity contribution in [2.75, 3.05) is 41.0 Å². The van der Waals surface area contributed by atoms with Crippen molar-refractivity contribution in [2.24, 2.45) is 0 Å². The number of ether oxygens (including phenoxy) is 3. The smallest absolute Gasteiger partial charge is 0.254 e. The lowest BCUT2D eigenvalue weighted by molar-refractivity contribution is -0.121. The first kappa shape index (κ1) is 15.9. The molecule has 0 bridgehead atoms. The van der Waals surface area contributed by atoms with Crippen molar-refractivity contribution >= 4 is 11.8 Å². The summed E-state index contributed by atoms with van der Waals surface area (Å²) in [6, 6.07) is 3.18. The third kappa shape index (κ3) is 3.24. The zero-order valence-corrected chi connectivity index (χ0v) is 13.0. The van der Waals surface area contributed by atoms with E-state index in [0.717, 1.165) is 6.42 Å². The van der Waals surface area contributed by atoms with E-state index < -0.39 is 0 Å². The highest BCUT2D eigenvalue weighted by molar-refractivity contribution is 5.97. The molecule has 1 aliphatic heterocycles. The number of carbonyl (C=O) groups excluding carboxylic acids is 2. The van der Waals surface area contributed by atoms with E-state index in [1.54, 1.807) is 12.1 Å². The molecule has 22 heavy (non-hydrogen) atoms. The predicted octanol–water partition coefficient (Wildman–Crippen LogP) is 0.674. The number of rotatable bonds is 4. The van der Waals surface area contributed by atoms with E-state index in [0.29, 0.717) is 35.9 Å². The Bertz CT molecular complexity index is 548. The lowest BCUT2D eigenvalue weighted by atomic mass is 10.1. The predicted molar refractivity (Wildman–Crippen MR) is 79.6 cm³/mol. The molecule has 1 aliphatic rings. The molecule has 1 aromatic carbocycles. The highest BCUT2D eigenvalue weighted by Crippen LogP contribution is 2.38. The Labute approximate surface area is 129 Å². The van der Waals surface area contributed by atoms with E-state index in [2.05, 4.69) is 5.32 Å². The highest BCUT2D eigenvalue weighted by Gasteiger charge is 2.24. The van der Waals surface area contributed by atoms with Gasteiger partial charge in [0.05, 0.1) is 27.9 Å². The fraction of sp³-hybridized carbons (Fsp3) is 0.467. The van der Waals surface area contributed by atoms with Crippen LogP contribution in [0.5, 0.6) is 17.2 Å². The van der Waals surface area contributed by atoms with Gasteiger partial charge in [-0.25, -0.2) is 0 Å². The Kier molecular flexibility index (Phi) is 5.08. The van der Waals surface area contributed by atoms with Crippen molar-refractivity contribution in [1.82, 2.24) is 10.2 Å². The number of benzene rings is 1. The van der Waals surface area contributed by atoms with Gasteiger partial charge >= 0.3 is 0 Å². The molecule has 0 spiro atoms. The first-order valence-electron chi connectivity index (χ1n) is 6.96. The maximum atomic E-state index is 12.6. The quantitative estimate of drug-likeness (QED) is 0.885. The van der Waals surface area contributed by atoms with Gasteiger partial charge in [-0.3, -0.25) is 9.59 Å². The molecular formula is C15H20N2O5. The zero-order valence-electron chi connectivity index (χ0n) is 13.0. The molecule has 1 aromatic rings. The molecule has 1 heterocycles. The molecule has 0 radical (unpaired) electrons. The van der Waals surface area contributed by atoms with Crippen LogP contribution in [0.15, 0.2) is 12.1 Å². The molecule has 7 heteroatoms. The molecule has 1 saturated heterocycles. The Morgan fingerprint density at radius 3 is 2.32 bits per heavy atom. The molecule has 1 fully saturated rings. The molecule has 0 atom stereocenters. The van der Waals surface area contributed by atoms with Gasteiger partial charge in [-0.15, -0.1) is 0 Å².